The van der Waals surface area contributed by atoms with Crippen LogP contribution in [-0.4, -0.2) is 47.2 Å². The van der Waals surface area contributed by atoms with Gasteiger partial charge in [0.2, 0.25) is 0 Å². The van der Waals surface area contributed by atoms with Crippen molar-refractivity contribution in [2.24, 2.45) is 0 Å². The molecule has 0 N–H and O–H groups in total. The smallest absolute Gasteiger partial charge is 0.269 e. The Bertz CT molecular complexity index is 1250. The molecule has 0 fully saturated rings. The molecule has 1 aliphatic rings. The van der Waals surface area contributed by atoms with Gasteiger partial charge in [0.1, 0.15) is 5.75 Å². The van der Waals surface area contributed by atoms with Crippen molar-refractivity contribution < 1.29 is 24.0 Å². The van der Waals surface area contributed by atoms with Gasteiger partial charge in [-0.3, -0.25) is 29.4 Å². The van der Waals surface area contributed by atoms with Crippen molar-refractivity contribution in [1.29, 1.82) is 0 Å². The van der Waals surface area contributed by atoms with Crippen LogP contribution >= 0.6 is 0 Å². The first-order valence-corrected chi connectivity index (χ1v) is 11.2. The molecule has 0 saturated carbocycles. The van der Waals surface area contributed by atoms with E-state index in [9.17, 15) is 24.5 Å². The first-order valence-electron chi connectivity index (χ1n) is 11.2. The van der Waals surface area contributed by atoms with E-state index in [0.717, 1.165) is 0 Å². The number of benzene rings is 3. The molecule has 1 aliphatic heterocycles. The van der Waals surface area contributed by atoms with Crippen LogP contribution in [0.25, 0.3) is 0 Å². The lowest BCUT2D eigenvalue weighted by Crippen LogP contribution is -2.32. The summed E-state index contributed by atoms with van der Waals surface area (Å²) in [6.07, 6.45) is 0.419. The highest BCUT2D eigenvalue weighted by molar-refractivity contribution is 6.21. The van der Waals surface area contributed by atoms with Gasteiger partial charge in [-0.1, -0.05) is 24.3 Å². The lowest BCUT2D eigenvalue weighted by Gasteiger charge is -2.24. The number of nitro groups is 1. The fraction of sp³-hybridized carbons (Fsp3) is 0.192. The van der Waals surface area contributed by atoms with Crippen molar-refractivity contribution in [2.75, 3.05) is 24.6 Å². The third kappa shape index (κ3) is 4.74. The minimum Gasteiger partial charge on any atom is -0.491 e. The molecule has 1 heterocycles. The Morgan fingerprint density at radius 1 is 0.943 bits per heavy atom. The van der Waals surface area contributed by atoms with Gasteiger partial charge in [-0.05, 0) is 49.7 Å². The maximum atomic E-state index is 13.1. The molecule has 3 amide bonds. The highest BCUT2D eigenvalue weighted by atomic mass is 16.6. The molecule has 3 aromatic carbocycles. The number of fused-ring (bicyclic) bond motifs is 1. The van der Waals surface area contributed by atoms with Crippen molar-refractivity contribution in [2.45, 2.75) is 13.3 Å². The van der Waals surface area contributed by atoms with Crippen LogP contribution in [0.15, 0.2) is 72.8 Å². The highest BCUT2D eigenvalue weighted by Crippen LogP contribution is 2.30. The molecule has 0 aromatic heterocycles. The van der Waals surface area contributed by atoms with Crippen LogP contribution in [0.2, 0.25) is 0 Å². The van der Waals surface area contributed by atoms with Gasteiger partial charge in [0.25, 0.3) is 23.4 Å². The predicted octanol–water partition coefficient (Wildman–Crippen LogP) is 4.33. The van der Waals surface area contributed by atoms with Crippen LogP contribution in [0.5, 0.6) is 5.75 Å². The number of para-hydroxylation sites is 2. The minimum absolute atomic E-state index is 0.0913. The first-order chi connectivity index (χ1) is 16.9. The standard InChI is InChI=1S/C26H23N3O6/c1-2-27(24(30)18-12-14-19(15-13-18)29(33)34)22-10-5-6-11-23(22)35-17-7-16-28-25(31)20-8-3-4-9-21(20)26(28)32/h3-6,8-15H,2,7,16-17H2,1H3. The van der Waals surface area contributed by atoms with E-state index in [4.69, 9.17) is 4.74 Å². The van der Waals surface area contributed by atoms with E-state index < -0.39 is 4.92 Å². The number of rotatable bonds is 9. The molecule has 3 aromatic rings. The second kappa shape index (κ2) is 10.2. The van der Waals surface area contributed by atoms with E-state index in [-0.39, 0.29) is 36.6 Å². The van der Waals surface area contributed by atoms with Gasteiger partial charge in [-0.25, -0.2) is 0 Å². The molecule has 0 atom stereocenters. The van der Waals surface area contributed by atoms with Crippen molar-refractivity contribution in [1.82, 2.24) is 4.90 Å². The van der Waals surface area contributed by atoms with Gasteiger partial charge in [0, 0.05) is 30.8 Å². The monoisotopic (exact) mass is 473 g/mol. The van der Waals surface area contributed by atoms with Gasteiger partial charge in [-0.15, -0.1) is 0 Å². The van der Waals surface area contributed by atoms with Crippen molar-refractivity contribution in [3.8, 4) is 5.75 Å². The Hall–Kier alpha value is -4.53. The van der Waals surface area contributed by atoms with Crippen molar-refractivity contribution >= 4 is 29.1 Å². The minimum atomic E-state index is -0.517. The van der Waals surface area contributed by atoms with Gasteiger partial charge < -0.3 is 9.64 Å². The number of hydrogen-bond donors (Lipinski definition) is 0. The van der Waals surface area contributed by atoms with E-state index in [1.54, 1.807) is 48.5 Å². The Balaban J connectivity index is 1.41. The van der Waals surface area contributed by atoms with Gasteiger partial charge in [0.15, 0.2) is 0 Å². The Kier molecular flexibility index (Phi) is 6.86. The van der Waals surface area contributed by atoms with Gasteiger partial charge in [0.05, 0.1) is 28.3 Å². The predicted molar refractivity (Wildman–Crippen MR) is 129 cm³/mol. The maximum absolute atomic E-state index is 13.1. The summed E-state index contributed by atoms with van der Waals surface area (Å²) in [5.41, 5.74) is 1.60. The quantitative estimate of drug-likeness (QED) is 0.198. The number of ether oxygens (including phenoxy) is 1. The molecular formula is C26H23N3O6. The van der Waals surface area contributed by atoms with Crippen LogP contribution < -0.4 is 9.64 Å². The van der Waals surface area contributed by atoms with E-state index in [1.165, 1.54) is 34.1 Å². The number of hydrogen-bond acceptors (Lipinski definition) is 6. The molecule has 35 heavy (non-hydrogen) atoms. The van der Waals surface area contributed by atoms with E-state index >= 15 is 0 Å². The third-order valence-electron chi connectivity index (χ3n) is 5.70. The number of nitrogens with zero attached hydrogens (tertiary/aromatic N) is 3. The SMILES string of the molecule is CCN(C(=O)c1ccc([N+](=O)[O-])cc1)c1ccccc1OCCCN1C(=O)c2ccccc2C1=O. The summed E-state index contributed by atoms with van der Waals surface area (Å²) in [5.74, 6) is -0.454. The zero-order chi connectivity index (χ0) is 24.9. The molecule has 0 aliphatic carbocycles. The van der Waals surface area contributed by atoms with Crippen molar-refractivity contribution in [3.05, 3.63) is 99.6 Å². The Morgan fingerprint density at radius 2 is 1.54 bits per heavy atom. The van der Waals surface area contributed by atoms with Gasteiger partial charge >= 0.3 is 0 Å². The first kappa shape index (κ1) is 23.6. The number of carbonyl (C=O) groups excluding carboxylic acids is 3. The summed E-state index contributed by atoms with van der Waals surface area (Å²) in [6.45, 7) is 2.62. The molecule has 0 unspecified atom stereocenters. The molecule has 4 rings (SSSR count). The van der Waals surface area contributed by atoms with E-state index in [1.807, 2.05) is 6.92 Å². The fourth-order valence-electron chi connectivity index (χ4n) is 3.95. The molecule has 0 radical (unpaired) electrons. The largest absolute Gasteiger partial charge is 0.491 e. The zero-order valence-corrected chi connectivity index (χ0v) is 19.0. The fourth-order valence-corrected chi connectivity index (χ4v) is 3.95. The summed E-state index contributed by atoms with van der Waals surface area (Å²) in [4.78, 5) is 51.2. The molecule has 9 heteroatoms. The summed E-state index contributed by atoms with van der Waals surface area (Å²) in [6, 6.07) is 19.2. The topological polar surface area (TPSA) is 110 Å². The number of carbonyl (C=O) groups is 3. The van der Waals surface area contributed by atoms with Gasteiger partial charge in [-0.2, -0.15) is 0 Å². The molecule has 0 bridgehead atoms. The molecule has 0 spiro atoms. The summed E-state index contributed by atoms with van der Waals surface area (Å²) in [7, 11) is 0. The zero-order valence-electron chi connectivity index (χ0n) is 19.0. The van der Waals surface area contributed by atoms with Crippen LogP contribution in [0.1, 0.15) is 44.4 Å². The molecule has 178 valence electrons. The van der Waals surface area contributed by atoms with Crippen LogP contribution in [0.3, 0.4) is 0 Å². The third-order valence-corrected chi connectivity index (χ3v) is 5.70. The summed E-state index contributed by atoms with van der Waals surface area (Å²) >= 11 is 0. The summed E-state index contributed by atoms with van der Waals surface area (Å²) in [5, 5.41) is 10.9. The average molecular weight is 473 g/mol. The highest BCUT2D eigenvalue weighted by Gasteiger charge is 2.34. The number of non-ortho nitro benzene ring substituents is 1. The van der Waals surface area contributed by atoms with E-state index in [2.05, 4.69) is 0 Å². The lowest BCUT2D eigenvalue weighted by molar-refractivity contribution is -0.384. The van der Waals surface area contributed by atoms with Crippen LogP contribution in [0.4, 0.5) is 11.4 Å². The molecule has 9 nitrogen and oxygen atoms in total. The number of nitro benzene ring substituents is 1. The lowest BCUT2D eigenvalue weighted by atomic mass is 10.1. The maximum Gasteiger partial charge on any atom is 0.269 e. The number of imide groups is 1. The summed E-state index contributed by atoms with van der Waals surface area (Å²) < 4.78 is 5.93. The number of anilines is 1. The van der Waals surface area contributed by atoms with Crippen molar-refractivity contribution in [3.63, 3.8) is 0 Å². The van der Waals surface area contributed by atoms with E-state index in [0.29, 0.717) is 41.1 Å². The second-order valence-electron chi connectivity index (χ2n) is 7.83. The van der Waals surface area contributed by atoms with Crippen LogP contribution in [0, 0.1) is 10.1 Å². The Labute approximate surface area is 201 Å². The normalized spacial score (nSPS) is 12.4. The number of amides is 3. The Morgan fingerprint density at radius 3 is 2.14 bits per heavy atom. The second-order valence-corrected chi connectivity index (χ2v) is 7.83. The average Bonchev–Trinajstić information content (AvgIpc) is 3.12. The molecular weight excluding hydrogens is 450 g/mol. The van der Waals surface area contributed by atoms with Crippen LogP contribution in [-0.2, 0) is 0 Å². The molecule has 0 saturated heterocycles.